The molecule has 13 heteroatoms. The molecule has 0 radical (unpaired) electrons. The van der Waals surface area contributed by atoms with Gasteiger partial charge in [-0.3, -0.25) is 4.79 Å². The monoisotopic (exact) mass is 589 g/mol. The zero-order valence-electron chi connectivity index (χ0n) is 22.6. The molecular weight excluding hydrogens is 566 g/mol. The number of nitrogen functional groups attached to an aromatic ring is 1. The van der Waals surface area contributed by atoms with Crippen LogP contribution in [0.1, 0.15) is 18.5 Å². The molecule has 0 spiro atoms. The first-order valence-corrected chi connectivity index (χ1v) is 13.1. The first-order chi connectivity index (χ1) is 20.5. The van der Waals surface area contributed by atoms with E-state index in [2.05, 4.69) is 31.8 Å². The average molecular weight is 590 g/mol. The van der Waals surface area contributed by atoms with Crippen molar-refractivity contribution < 1.29 is 27.1 Å². The summed E-state index contributed by atoms with van der Waals surface area (Å²) in [5.74, 6) is -1.06. The molecule has 0 unspecified atom stereocenters. The van der Waals surface area contributed by atoms with Crippen LogP contribution in [0.15, 0.2) is 73.2 Å². The van der Waals surface area contributed by atoms with Crippen LogP contribution in [-0.2, 0) is 18.0 Å². The van der Waals surface area contributed by atoms with Crippen molar-refractivity contribution in [1.82, 2.24) is 24.5 Å². The van der Waals surface area contributed by atoms with E-state index < -0.39 is 23.7 Å². The van der Waals surface area contributed by atoms with Crippen LogP contribution in [-0.4, -0.2) is 30.4 Å². The van der Waals surface area contributed by atoms with Gasteiger partial charge < -0.3 is 20.4 Å². The molecule has 1 aliphatic carbocycles. The molecule has 3 aromatic heterocycles. The number of alkyl halides is 3. The second-order valence-corrected chi connectivity index (χ2v) is 10.0. The van der Waals surface area contributed by atoms with Crippen LogP contribution in [0.2, 0.25) is 0 Å². The number of aryl methyl sites for hydroxylation is 1. The van der Waals surface area contributed by atoms with Crippen LogP contribution >= 0.6 is 0 Å². The van der Waals surface area contributed by atoms with Gasteiger partial charge in [-0.2, -0.15) is 18.2 Å². The zero-order chi connectivity index (χ0) is 30.5. The molecule has 3 N–H and O–H groups in total. The standard InChI is InChI=1S/C30H23F4N7O2/c1-15(16-3-4-16)28(42)39-19-8-5-17(6-9-19)25-23(24-26(35)37-14-38-27(24)41(25)2)18-7-10-21(20(31)13-18)43-29-36-12-11-22(40-29)30(32,33)34/h5-14,16H,1,3-4H2,2H3,(H,39,42)(H2,35,37,38). The fourth-order valence-corrected chi connectivity index (χ4v) is 4.82. The Morgan fingerprint density at radius 1 is 1.07 bits per heavy atom. The number of halogens is 4. The molecule has 0 bridgehead atoms. The van der Waals surface area contributed by atoms with Gasteiger partial charge in [-0.1, -0.05) is 24.8 Å². The number of nitrogens with two attached hydrogens (primary N) is 1. The number of carbonyl (C=O) groups is 1. The Labute approximate surface area is 242 Å². The first-order valence-electron chi connectivity index (χ1n) is 13.1. The number of rotatable bonds is 7. The summed E-state index contributed by atoms with van der Waals surface area (Å²) in [4.78, 5) is 28.0. The Bertz CT molecular complexity index is 1900. The van der Waals surface area contributed by atoms with Crippen molar-refractivity contribution in [2.24, 2.45) is 13.0 Å². The van der Waals surface area contributed by atoms with Crippen LogP contribution < -0.4 is 15.8 Å². The van der Waals surface area contributed by atoms with E-state index in [1.807, 2.05) is 0 Å². The molecule has 1 aliphatic rings. The number of hydrogen-bond acceptors (Lipinski definition) is 7. The van der Waals surface area contributed by atoms with Gasteiger partial charge in [-0.05, 0) is 60.2 Å². The normalized spacial score (nSPS) is 13.2. The van der Waals surface area contributed by atoms with E-state index in [4.69, 9.17) is 10.5 Å². The number of carbonyl (C=O) groups excluding carboxylic acids is 1. The summed E-state index contributed by atoms with van der Waals surface area (Å²) in [6.45, 7) is 3.89. The molecule has 2 aromatic carbocycles. The molecule has 218 valence electrons. The number of benzene rings is 2. The van der Waals surface area contributed by atoms with Crippen molar-refractivity contribution in [3.05, 3.63) is 84.7 Å². The second-order valence-electron chi connectivity index (χ2n) is 10.0. The van der Waals surface area contributed by atoms with E-state index in [1.54, 1.807) is 35.9 Å². The zero-order valence-corrected chi connectivity index (χ0v) is 22.6. The molecule has 3 heterocycles. The van der Waals surface area contributed by atoms with Crippen LogP contribution in [0.3, 0.4) is 0 Å². The number of anilines is 2. The lowest BCUT2D eigenvalue weighted by Crippen LogP contribution is -2.14. The molecule has 1 amide bonds. The number of fused-ring (bicyclic) bond motifs is 1. The number of hydrogen-bond donors (Lipinski definition) is 2. The van der Waals surface area contributed by atoms with Gasteiger partial charge in [0.2, 0.25) is 0 Å². The highest BCUT2D eigenvalue weighted by atomic mass is 19.4. The summed E-state index contributed by atoms with van der Waals surface area (Å²) in [5, 5.41) is 3.34. The average Bonchev–Trinajstić information content (AvgIpc) is 3.78. The predicted molar refractivity (Wildman–Crippen MR) is 151 cm³/mol. The van der Waals surface area contributed by atoms with E-state index in [0.717, 1.165) is 19.0 Å². The van der Waals surface area contributed by atoms with E-state index in [-0.39, 0.29) is 23.4 Å². The largest absolute Gasteiger partial charge is 0.433 e. The van der Waals surface area contributed by atoms with Gasteiger partial charge in [0.05, 0.1) is 11.1 Å². The van der Waals surface area contributed by atoms with Crippen LogP contribution in [0.4, 0.5) is 29.1 Å². The smallest absolute Gasteiger partial charge is 0.421 e. The van der Waals surface area contributed by atoms with Gasteiger partial charge in [-0.25, -0.2) is 19.3 Å². The quantitative estimate of drug-likeness (QED) is 0.164. The van der Waals surface area contributed by atoms with Gasteiger partial charge in [0.1, 0.15) is 17.8 Å². The number of aromatic nitrogens is 5. The number of nitrogens with one attached hydrogen (secondary N) is 1. The Balaban J connectivity index is 1.37. The molecular formula is C30H23F4N7O2. The third kappa shape index (κ3) is 5.36. The summed E-state index contributed by atoms with van der Waals surface area (Å²) >= 11 is 0. The van der Waals surface area contributed by atoms with Gasteiger partial charge in [0.15, 0.2) is 17.3 Å². The third-order valence-corrected chi connectivity index (χ3v) is 7.12. The molecule has 0 saturated heterocycles. The maximum absolute atomic E-state index is 15.4. The van der Waals surface area contributed by atoms with E-state index in [1.165, 1.54) is 24.5 Å². The summed E-state index contributed by atoms with van der Waals surface area (Å²) < 4.78 is 61.6. The van der Waals surface area contributed by atoms with E-state index >= 15 is 4.39 Å². The van der Waals surface area contributed by atoms with Gasteiger partial charge in [0, 0.05) is 30.1 Å². The molecule has 6 rings (SSSR count). The van der Waals surface area contributed by atoms with Crippen molar-refractivity contribution in [2.45, 2.75) is 19.0 Å². The highest BCUT2D eigenvalue weighted by molar-refractivity contribution is 6.08. The molecule has 0 aliphatic heterocycles. The van der Waals surface area contributed by atoms with Crippen molar-refractivity contribution in [3.8, 4) is 34.1 Å². The minimum absolute atomic E-state index is 0.169. The summed E-state index contributed by atoms with van der Waals surface area (Å²) in [6.07, 6.45) is -0.585. The van der Waals surface area contributed by atoms with Crippen LogP contribution in [0.25, 0.3) is 33.4 Å². The molecule has 9 nitrogen and oxygen atoms in total. The maximum atomic E-state index is 15.4. The molecule has 1 saturated carbocycles. The van der Waals surface area contributed by atoms with Gasteiger partial charge >= 0.3 is 12.2 Å². The number of amides is 1. The summed E-state index contributed by atoms with van der Waals surface area (Å²) in [6, 6.07) is 11.1. The Hall–Kier alpha value is -5.33. The van der Waals surface area contributed by atoms with Crippen molar-refractivity contribution in [3.63, 3.8) is 0 Å². The first kappa shape index (κ1) is 27.8. The van der Waals surface area contributed by atoms with Crippen LogP contribution in [0, 0.1) is 11.7 Å². The summed E-state index contributed by atoms with van der Waals surface area (Å²) in [7, 11) is 1.78. The Morgan fingerprint density at radius 2 is 1.79 bits per heavy atom. The third-order valence-electron chi connectivity index (χ3n) is 7.12. The molecule has 1 fully saturated rings. The second kappa shape index (κ2) is 10.5. The number of nitrogens with zero attached hydrogens (tertiary/aromatic N) is 5. The fraction of sp³-hybridized carbons (Fsp3) is 0.167. The topological polar surface area (TPSA) is 121 Å². The van der Waals surface area contributed by atoms with E-state index in [9.17, 15) is 18.0 Å². The fourth-order valence-electron chi connectivity index (χ4n) is 4.82. The lowest BCUT2D eigenvalue weighted by molar-refractivity contribution is -0.141. The predicted octanol–water partition coefficient (Wildman–Crippen LogP) is 6.53. The van der Waals surface area contributed by atoms with E-state index in [0.29, 0.717) is 50.7 Å². The van der Waals surface area contributed by atoms with Crippen LogP contribution in [0.5, 0.6) is 11.8 Å². The molecule has 43 heavy (non-hydrogen) atoms. The lowest BCUT2D eigenvalue weighted by atomic mass is 9.98. The minimum Gasteiger partial charge on any atom is -0.421 e. The van der Waals surface area contributed by atoms with Crippen molar-refractivity contribution in [2.75, 3.05) is 11.1 Å². The minimum atomic E-state index is -4.72. The van der Waals surface area contributed by atoms with Crippen molar-refractivity contribution >= 4 is 28.4 Å². The Kier molecular flexibility index (Phi) is 6.79. The summed E-state index contributed by atoms with van der Waals surface area (Å²) in [5.41, 5.74) is 8.94. The highest BCUT2D eigenvalue weighted by Gasteiger charge is 2.33. The molecule has 5 aromatic rings. The highest BCUT2D eigenvalue weighted by Crippen LogP contribution is 2.43. The molecule has 0 atom stereocenters. The SMILES string of the molecule is C=C(C(=O)Nc1ccc(-c2c(-c3ccc(Oc4nccc(C(F)(F)F)n4)c(F)c3)c3c(N)ncnc3n2C)cc1)C1CC1. The van der Waals surface area contributed by atoms with Gasteiger partial charge in [-0.15, -0.1) is 0 Å². The Morgan fingerprint density at radius 3 is 2.47 bits per heavy atom. The number of ether oxygens (including phenoxy) is 1. The van der Waals surface area contributed by atoms with Crippen molar-refractivity contribution in [1.29, 1.82) is 0 Å². The lowest BCUT2D eigenvalue weighted by Gasteiger charge is -2.12. The van der Waals surface area contributed by atoms with Gasteiger partial charge in [0.25, 0.3) is 5.91 Å². The maximum Gasteiger partial charge on any atom is 0.433 e.